The molecule has 4 nitrogen and oxygen atoms in total. The molecule has 0 aromatic carbocycles. The first-order valence-electron chi connectivity index (χ1n) is 3.93. The third-order valence-electron chi connectivity index (χ3n) is 2.27. The van der Waals surface area contributed by atoms with E-state index < -0.39 is 0 Å². The lowest BCUT2D eigenvalue weighted by molar-refractivity contribution is 0.273. The maximum atomic E-state index is 11.4. The van der Waals surface area contributed by atoms with Crippen LogP contribution in [0.5, 0.6) is 0 Å². The van der Waals surface area contributed by atoms with Crippen molar-refractivity contribution >= 4 is 0 Å². The largest absolute Gasteiger partial charge is 0.395 e. The predicted octanol–water partition coefficient (Wildman–Crippen LogP) is -0.204. The van der Waals surface area contributed by atoms with Gasteiger partial charge in [0.05, 0.1) is 13.2 Å². The molecule has 0 saturated heterocycles. The van der Waals surface area contributed by atoms with Gasteiger partial charge in [0.25, 0.3) is 0 Å². The molecule has 0 spiro atoms. The van der Waals surface area contributed by atoms with E-state index in [2.05, 4.69) is 0 Å². The van der Waals surface area contributed by atoms with Gasteiger partial charge in [-0.2, -0.15) is 0 Å². The van der Waals surface area contributed by atoms with Crippen LogP contribution in [-0.4, -0.2) is 20.8 Å². The summed E-state index contributed by atoms with van der Waals surface area (Å²) in [6.45, 7) is 4.16. The Morgan fingerprint density at radius 2 is 1.92 bits per heavy atom. The fraction of sp³-hybridized carbons (Fsp3) is 0.625. The zero-order chi connectivity index (χ0) is 9.30. The van der Waals surface area contributed by atoms with Crippen molar-refractivity contribution in [3.05, 3.63) is 21.9 Å². The Morgan fingerprint density at radius 1 is 1.33 bits per heavy atom. The van der Waals surface area contributed by atoms with E-state index in [9.17, 15) is 4.79 Å². The summed E-state index contributed by atoms with van der Waals surface area (Å²) >= 11 is 0. The maximum Gasteiger partial charge on any atom is 0.328 e. The number of hydrogen-bond donors (Lipinski definition) is 1. The third-order valence-corrected chi connectivity index (χ3v) is 2.27. The molecule has 12 heavy (non-hydrogen) atoms. The number of aromatic nitrogens is 2. The highest BCUT2D eigenvalue weighted by Gasteiger charge is 2.08. The average molecular weight is 170 g/mol. The molecule has 0 saturated carbocycles. The van der Waals surface area contributed by atoms with E-state index in [0.29, 0.717) is 6.54 Å². The van der Waals surface area contributed by atoms with Gasteiger partial charge in [0.15, 0.2) is 0 Å². The molecule has 68 valence electrons. The minimum Gasteiger partial charge on any atom is -0.395 e. The van der Waals surface area contributed by atoms with Crippen molar-refractivity contribution in [3.8, 4) is 0 Å². The Hall–Kier alpha value is -1.03. The Balaban J connectivity index is 3.28. The predicted molar refractivity (Wildman–Crippen MR) is 46.2 cm³/mol. The first-order chi connectivity index (χ1) is 5.59. The third kappa shape index (κ3) is 1.18. The molecule has 1 heterocycles. The second-order valence-corrected chi connectivity index (χ2v) is 2.89. The van der Waals surface area contributed by atoms with Crippen molar-refractivity contribution < 1.29 is 5.11 Å². The van der Waals surface area contributed by atoms with Crippen LogP contribution >= 0.6 is 0 Å². The van der Waals surface area contributed by atoms with Crippen molar-refractivity contribution in [2.24, 2.45) is 7.05 Å². The van der Waals surface area contributed by atoms with Crippen LogP contribution in [0.3, 0.4) is 0 Å². The molecule has 1 aromatic heterocycles. The molecule has 0 bridgehead atoms. The van der Waals surface area contributed by atoms with Crippen LogP contribution in [0, 0.1) is 13.8 Å². The van der Waals surface area contributed by atoms with Crippen LogP contribution in [0.15, 0.2) is 4.79 Å². The molecule has 0 aliphatic heterocycles. The number of imidazole rings is 1. The minimum atomic E-state index is -0.0564. The van der Waals surface area contributed by atoms with Gasteiger partial charge in [0.1, 0.15) is 0 Å². The second-order valence-electron chi connectivity index (χ2n) is 2.89. The summed E-state index contributed by atoms with van der Waals surface area (Å²) in [6.07, 6.45) is 0. The van der Waals surface area contributed by atoms with Crippen LogP contribution in [0.2, 0.25) is 0 Å². The van der Waals surface area contributed by atoms with Crippen molar-refractivity contribution in [1.29, 1.82) is 0 Å². The van der Waals surface area contributed by atoms with Gasteiger partial charge in [-0.1, -0.05) is 0 Å². The van der Waals surface area contributed by atoms with Crippen LogP contribution < -0.4 is 5.69 Å². The van der Waals surface area contributed by atoms with Gasteiger partial charge in [-0.15, -0.1) is 0 Å². The maximum absolute atomic E-state index is 11.4. The van der Waals surface area contributed by atoms with E-state index in [-0.39, 0.29) is 12.3 Å². The molecule has 0 atom stereocenters. The van der Waals surface area contributed by atoms with Gasteiger partial charge >= 0.3 is 5.69 Å². The van der Waals surface area contributed by atoms with Gasteiger partial charge in [-0.3, -0.25) is 9.13 Å². The van der Waals surface area contributed by atoms with Gasteiger partial charge in [0, 0.05) is 18.4 Å². The Labute approximate surface area is 71.1 Å². The molecule has 0 aliphatic rings. The van der Waals surface area contributed by atoms with Gasteiger partial charge < -0.3 is 5.11 Å². The van der Waals surface area contributed by atoms with Gasteiger partial charge in [0.2, 0.25) is 0 Å². The van der Waals surface area contributed by atoms with E-state index in [0.717, 1.165) is 11.4 Å². The smallest absolute Gasteiger partial charge is 0.328 e. The Bertz CT molecular complexity index is 336. The molecule has 1 rings (SSSR count). The van der Waals surface area contributed by atoms with Crippen molar-refractivity contribution in [2.75, 3.05) is 6.61 Å². The molecule has 0 aliphatic carbocycles. The van der Waals surface area contributed by atoms with Crippen LogP contribution in [0.25, 0.3) is 0 Å². The molecular formula is C8H14N2O2. The molecule has 1 aromatic rings. The zero-order valence-corrected chi connectivity index (χ0v) is 7.66. The van der Waals surface area contributed by atoms with Crippen LogP contribution in [-0.2, 0) is 13.6 Å². The Morgan fingerprint density at radius 3 is 2.25 bits per heavy atom. The zero-order valence-electron chi connectivity index (χ0n) is 7.66. The lowest BCUT2D eigenvalue weighted by Gasteiger charge is -1.99. The highest BCUT2D eigenvalue weighted by atomic mass is 16.3. The normalized spacial score (nSPS) is 10.7. The molecule has 0 amide bonds. The summed E-state index contributed by atoms with van der Waals surface area (Å²) in [7, 11) is 1.73. The summed E-state index contributed by atoms with van der Waals surface area (Å²) < 4.78 is 3.17. The van der Waals surface area contributed by atoms with Crippen LogP contribution in [0.1, 0.15) is 11.4 Å². The number of hydrogen-bond acceptors (Lipinski definition) is 2. The molecular weight excluding hydrogens is 156 g/mol. The minimum absolute atomic E-state index is 0.00417. The number of aliphatic hydroxyl groups excluding tert-OH is 1. The summed E-state index contributed by atoms with van der Waals surface area (Å²) in [6, 6.07) is 0. The van der Waals surface area contributed by atoms with E-state index in [1.54, 1.807) is 16.2 Å². The molecule has 0 fully saturated rings. The fourth-order valence-electron chi connectivity index (χ4n) is 1.27. The van der Waals surface area contributed by atoms with E-state index in [4.69, 9.17) is 5.11 Å². The summed E-state index contributed by atoms with van der Waals surface area (Å²) in [5.41, 5.74) is 1.82. The van der Waals surface area contributed by atoms with E-state index >= 15 is 0 Å². The lowest BCUT2D eigenvalue weighted by Crippen LogP contribution is -2.24. The first kappa shape index (κ1) is 9.06. The van der Waals surface area contributed by atoms with Crippen molar-refractivity contribution in [3.63, 3.8) is 0 Å². The second kappa shape index (κ2) is 3.15. The molecule has 0 radical (unpaired) electrons. The lowest BCUT2D eigenvalue weighted by atomic mass is 10.4. The molecule has 1 N–H and O–H groups in total. The van der Waals surface area contributed by atoms with E-state index in [1.165, 1.54) is 0 Å². The van der Waals surface area contributed by atoms with Crippen LogP contribution in [0.4, 0.5) is 0 Å². The molecule has 4 heteroatoms. The Kier molecular flexibility index (Phi) is 2.38. The topological polar surface area (TPSA) is 47.2 Å². The first-order valence-corrected chi connectivity index (χ1v) is 3.93. The SMILES string of the molecule is Cc1c(C)n(CCO)c(=O)n1C. The summed E-state index contributed by atoms with van der Waals surface area (Å²) in [5.74, 6) is 0. The standard InChI is InChI=1S/C8H14N2O2/c1-6-7(2)10(4-5-11)8(12)9(6)3/h11H,4-5H2,1-3H3. The van der Waals surface area contributed by atoms with Gasteiger partial charge in [-0.25, -0.2) is 4.79 Å². The average Bonchev–Trinajstić information content (AvgIpc) is 2.23. The van der Waals surface area contributed by atoms with Crippen molar-refractivity contribution in [2.45, 2.75) is 20.4 Å². The number of aliphatic hydroxyl groups is 1. The molecule has 0 unspecified atom stereocenters. The fourth-order valence-corrected chi connectivity index (χ4v) is 1.27. The summed E-state index contributed by atoms with van der Waals surface area (Å²) in [4.78, 5) is 11.4. The highest BCUT2D eigenvalue weighted by Crippen LogP contribution is 2.02. The van der Waals surface area contributed by atoms with Crippen molar-refractivity contribution in [1.82, 2.24) is 9.13 Å². The highest BCUT2D eigenvalue weighted by molar-refractivity contribution is 5.10. The quantitative estimate of drug-likeness (QED) is 0.668. The monoisotopic (exact) mass is 170 g/mol. The van der Waals surface area contributed by atoms with E-state index in [1.807, 2.05) is 13.8 Å². The summed E-state index contributed by atoms with van der Waals surface area (Å²) in [5, 5.41) is 8.70. The van der Waals surface area contributed by atoms with Gasteiger partial charge in [-0.05, 0) is 13.8 Å². The number of nitrogens with zero attached hydrogens (tertiary/aromatic N) is 2. The number of rotatable bonds is 2.